The van der Waals surface area contributed by atoms with E-state index in [2.05, 4.69) is 10.6 Å². The van der Waals surface area contributed by atoms with Gasteiger partial charge in [0.05, 0.1) is 39.9 Å². The Morgan fingerprint density at radius 1 is 1.16 bits per heavy atom. The summed E-state index contributed by atoms with van der Waals surface area (Å²) in [7, 11) is 0. The standard InChI is InChI=1S/C29H34ClN3O4S/c1-4-15-31-25(35)21-22-27(37)33(20(16-34)18-10-6-5-7-11-18)24(29(22)14-13-28(21,3)38-29)26(36)32-23-17(2)9-8-12-19(23)30/h5-12,20-22,24,34H,4,13-16H2,1-3H3,(H,31,35)(H,32,36)/t20-,21-,22+,24?,28+,29?/m1/s1. The zero-order valence-electron chi connectivity index (χ0n) is 21.9. The zero-order chi connectivity index (χ0) is 27.2. The van der Waals surface area contributed by atoms with Gasteiger partial charge >= 0.3 is 0 Å². The Hall–Kier alpha value is -2.55. The number of aryl methyl sites for hydroxylation is 1. The van der Waals surface area contributed by atoms with Crippen molar-refractivity contribution in [2.75, 3.05) is 18.5 Å². The van der Waals surface area contributed by atoms with E-state index in [0.717, 1.165) is 24.0 Å². The second-order valence-electron chi connectivity index (χ2n) is 10.8. The Kier molecular flexibility index (Phi) is 7.26. The van der Waals surface area contributed by atoms with E-state index in [4.69, 9.17) is 11.6 Å². The highest BCUT2D eigenvalue weighted by atomic mass is 35.5. The van der Waals surface area contributed by atoms with Crippen LogP contribution < -0.4 is 10.6 Å². The second kappa shape index (κ2) is 10.2. The van der Waals surface area contributed by atoms with Crippen LogP contribution >= 0.6 is 23.4 Å². The van der Waals surface area contributed by atoms with Crippen molar-refractivity contribution in [2.24, 2.45) is 11.8 Å². The fourth-order valence-electron chi connectivity index (χ4n) is 6.77. The molecule has 2 aromatic carbocycles. The van der Waals surface area contributed by atoms with Crippen molar-refractivity contribution in [2.45, 2.75) is 61.6 Å². The molecular weight excluding hydrogens is 522 g/mol. The lowest BCUT2D eigenvalue weighted by atomic mass is 9.66. The van der Waals surface area contributed by atoms with Gasteiger partial charge < -0.3 is 20.6 Å². The van der Waals surface area contributed by atoms with E-state index in [1.54, 1.807) is 22.7 Å². The molecule has 202 valence electrons. The first-order valence-corrected chi connectivity index (χ1v) is 14.4. The van der Waals surface area contributed by atoms with E-state index < -0.39 is 33.4 Å². The van der Waals surface area contributed by atoms with E-state index in [1.807, 2.05) is 63.2 Å². The average molecular weight is 556 g/mol. The number of likely N-dealkylation sites (tertiary alicyclic amines) is 1. The number of halogens is 1. The lowest BCUT2D eigenvalue weighted by Gasteiger charge is -2.37. The zero-order valence-corrected chi connectivity index (χ0v) is 23.4. The molecule has 0 aromatic heterocycles. The number of anilines is 1. The predicted molar refractivity (Wildman–Crippen MR) is 150 cm³/mol. The van der Waals surface area contributed by atoms with Crippen LogP contribution in [0.5, 0.6) is 0 Å². The largest absolute Gasteiger partial charge is 0.394 e. The van der Waals surface area contributed by atoms with Gasteiger partial charge in [0.15, 0.2) is 0 Å². The van der Waals surface area contributed by atoms with Crippen molar-refractivity contribution in [1.29, 1.82) is 0 Å². The fourth-order valence-corrected chi connectivity index (χ4v) is 9.38. The molecular formula is C29H34ClN3O4S. The number of hydrogen-bond acceptors (Lipinski definition) is 5. The third-order valence-corrected chi connectivity index (χ3v) is 10.8. The number of carbonyl (C=O) groups excluding carboxylic acids is 3. The maximum atomic E-state index is 14.4. The quantitative estimate of drug-likeness (QED) is 0.450. The van der Waals surface area contributed by atoms with Crippen LogP contribution in [0.15, 0.2) is 48.5 Å². The lowest BCUT2D eigenvalue weighted by molar-refractivity contribution is -0.142. The highest BCUT2D eigenvalue weighted by Crippen LogP contribution is 2.72. The number of aliphatic hydroxyl groups is 1. The van der Waals surface area contributed by atoms with E-state index in [1.165, 1.54) is 0 Å². The number of hydrogen-bond donors (Lipinski definition) is 3. The maximum Gasteiger partial charge on any atom is 0.248 e. The first-order valence-electron chi connectivity index (χ1n) is 13.2. The summed E-state index contributed by atoms with van der Waals surface area (Å²) in [6.07, 6.45) is 2.15. The van der Waals surface area contributed by atoms with Crippen LogP contribution in [0.1, 0.15) is 50.3 Å². The number of amides is 3. The monoisotopic (exact) mass is 555 g/mol. The molecule has 3 fully saturated rings. The van der Waals surface area contributed by atoms with E-state index >= 15 is 0 Å². The summed E-state index contributed by atoms with van der Waals surface area (Å²) in [6.45, 7) is 6.09. The molecule has 3 N–H and O–H groups in total. The van der Waals surface area contributed by atoms with Gasteiger partial charge in [0.1, 0.15) is 6.04 Å². The molecule has 3 aliphatic rings. The van der Waals surface area contributed by atoms with E-state index in [-0.39, 0.29) is 24.3 Å². The number of carbonyl (C=O) groups is 3. The third kappa shape index (κ3) is 4.12. The van der Waals surface area contributed by atoms with Crippen LogP contribution in [0.3, 0.4) is 0 Å². The first kappa shape index (κ1) is 27.0. The normalized spacial score (nSPS) is 30.3. The summed E-state index contributed by atoms with van der Waals surface area (Å²) in [4.78, 5) is 43.7. The number of nitrogens with one attached hydrogen (secondary N) is 2. The molecule has 5 rings (SSSR count). The molecule has 0 radical (unpaired) electrons. The molecule has 2 aromatic rings. The second-order valence-corrected chi connectivity index (χ2v) is 13.1. The molecule has 0 aliphatic carbocycles. The summed E-state index contributed by atoms with van der Waals surface area (Å²) < 4.78 is -1.24. The van der Waals surface area contributed by atoms with Crippen LogP contribution in [0.25, 0.3) is 0 Å². The smallest absolute Gasteiger partial charge is 0.248 e. The summed E-state index contributed by atoms with van der Waals surface area (Å²) in [5, 5.41) is 17.0. The van der Waals surface area contributed by atoms with Gasteiger partial charge in [-0.05, 0) is 50.3 Å². The number of para-hydroxylation sites is 1. The summed E-state index contributed by atoms with van der Waals surface area (Å²) in [5.41, 5.74) is 2.06. The van der Waals surface area contributed by atoms with Gasteiger partial charge in [0.2, 0.25) is 17.7 Å². The lowest BCUT2D eigenvalue weighted by Crippen LogP contribution is -2.53. The molecule has 38 heavy (non-hydrogen) atoms. The minimum atomic E-state index is -0.885. The Labute approximate surface area is 232 Å². The van der Waals surface area contributed by atoms with Crippen LogP contribution in [-0.4, -0.2) is 56.4 Å². The highest BCUT2D eigenvalue weighted by Gasteiger charge is 2.77. The van der Waals surface area contributed by atoms with Crippen molar-refractivity contribution in [1.82, 2.24) is 10.2 Å². The average Bonchev–Trinajstić information content (AvgIpc) is 3.47. The Balaban J connectivity index is 1.61. The van der Waals surface area contributed by atoms with Gasteiger partial charge in [-0.2, -0.15) is 0 Å². The number of rotatable bonds is 8. The molecule has 1 spiro atoms. The van der Waals surface area contributed by atoms with Gasteiger partial charge in [-0.25, -0.2) is 0 Å². The van der Waals surface area contributed by atoms with Gasteiger partial charge in [0.25, 0.3) is 0 Å². The molecule has 3 saturated heterocycles. The number of nitrogens with zero attached hydrogens (tertiary/aromatic N) is 1. The van der Waals surface area contributed by atoms with Crippen molar-refractivity contribution >= 4 is 46.8 Å². The molecule has 3 heterocycles. The molecule has 2 unspecified atom stereocenters. The Bertz CT molecular complexity index is 1240. The number of aliphatic hydroxyl groups excluding tert-OH is 1. The van der Waals surface area contributed by atoms with E-state index in [0.29, 0.717) is 23.7 Å². The van der Waals surface area contributed by atoms with Crippen LogP contribution in [0, 0.1) is 18.8 Å². The maximum absolute atomic E-state index is 14.4. The predicted octanol–water partition coefficient (Wildman–Crippen LogP) is 4.33. The number of benzene rings is 2. The summed E-state index contributed by atoms with van der Waals surface area (Å²) >= 11 is 8.07. The van der Waals surface area contributed by atoms with Crippen LogP contribution in [0.4, 0.5) is 5.69 Å². The molecule has 3 aliphatic heterocycles. The summed E-state index contributed by atoms with van der Waals surface area (Å²) in [5.74, 6) is -1.96. The minimum Gasteiger partial charge on any atom is -0.394 e. The van der Waals surface area contributed by atoms with E-state index in [9.17, 15) is 19.5 Å². The van der Waals surface area contributed by atoms with Gasteiger partial charge in [-0.1, -0.05) is 61.0 Å². The number of thioether (sulfide) groups is 1. The van der Waals surface area contributed by atoms with Crippen molar-refractivity contribution < 1.29 is 19.5 Å². The molecule has 9 heteroatoms. The van der Waals surface area contributed by atoms with Crippen molar-refractivity contribution in [3.63, 3.8) is 0 Å². The first-order chi connectivity index (χ1) is 18.2. The SMILES string of the molecule is CCCNC(=O)[C@H]1[C@H]2C(=O)N([C@H](CO)c3ccccc3)C(C(=O)Nc3c(C)cccc3Cl)C23CC[C@]1(C)S3. The topological polar surface area (TPSA) is 98.7 Å². The highest BCUT2D eigenvalue weighted by molar-refractivity contribution is 8.02. The van der Waals surface area contributed by atoms with Crippen LogP contribution in [0.2, 0.25) is 5.02 Å². The van der Waals surface area contributed by atoms with Gasteiger partial charge in [0, 0.05) is 11.3 Å². The van der Waals surface area contributed by atoms with Crippen LogP contribution in [-0.2, 0) is 14.4 Å². The van der Waals surface area contributed by atoms with Gasteiger partial charge in [-0.3, -0.25) is 14.4 Å². The third-order valence-electron chi connectivity index (χ3n) is 8.46. The fraction of sp³-hybridized carbons (Fsp3) is 0.483. The van der Waals surface area contributed by atoms with Gasteiger partial charge in [-0.15, -0.1) is 11.8 Å². The molecule has 2 bridgehead atoms. The molecule has 7 nitrogen and oxygen atoms in total. The molecule has 6 atom stereocenters. The van der Waals surface area contributed by atoms with Crippen molar-refractivity contribution in [3.05, 3.63) is 64.7 Å². The summed E-state index contributed by atoms with van der Waals surface area (Å²) in [6, 6.07) is 13.1. The minimum absolute atomic E-state index is 0.134. The molecule has 0 saturated carbocycles. The molecule has 3 amide bonds. The van der Waals surface area contributed by atoms with Crippen molar-refractivity contribution in [3.8, 4) is 0 Å². The Morgan fingerprint density at radius 3 is 2.55 bits per heavy atom. The number of fused-ring (bicyclic) bond motifs is 1. The Morgan fingerprint density at radius 2 is 1.89 bits per heavy atom.